The van der Waals surface area contributed by atoms with Crippen molar-refractivity contribution in [1.82, 2.24) is 15.5 Å². The Morgan fingerprint density at radius 2 is 1.71 bits per heavy atom. The maximum Gasteiger partial charge on any atom is 0.416 e. The summed E-state index contributed by atoms with van der Waals surface area (Å²) < 4.78 is 65.0. The number of benzene rings is 2. The number of urea groups is 1. The van der Waals surface area contributed by atoms with E-state index in [1.54, 1.807) is 12.1 Å². The molecule has 1 heterocycles. The number of hydrogen-bond donors (Lipinski definition) is 2. The molecule has 0 aliphatic carbocycles. The Balaban J connectivity index is 1.72. The monoisotopic (exact) mass is 441 g/mol. The molecule has 168 valence electrons. The van der Waals surface area contributed by atoms with E-state index >= 15 is 0 Å². The summed E-state index contributed by atoms with van der Waals surface area (Å²) in [6.07, 6.45) is -3.87. The molecule has 0 aromatic heterocycles. The number of carbonyl (C=O) groups is 1. The SMILES string of the molecule is O=C(NCc1ccc(C(F)(F)F)cc1)N(Cc1ccc(F)cc1)[C@@H]1CCNC[C@@H]1CF. The minimum absolute atomic E-state index is 0.0299. The van der Waals surface area contributed by atoms with E-state index in [9.17, 15) is 26.7 Å². The van der Waals surface area contributed by atoms with Crippen molar-refractivity contribution in [2.24, 2.45) is 5.92 Å². The average molecular weight is 441 g/mol. The molecule has 0 radical (unpaired) electrons. The van der Waals surface area contributed by atoms with Crippen LogP contribution in [0.1, 0.15) is 23.1 Å². The van der Waals surface area contributed by atoms with Gasteiger partial charge in [-0.3, -0.25) is 4.39 Å². The Kier molecular flexibility index (Phi) is 7.48. The lowest BCUT2D eigenvalue weighted by atomic mass is 9.92. The number of amides is 2. The number of carbonyl (C=O) groups excluding carboxylic acids is 1. The van der Waals surface area contributed by atoms with E-state index in [4.69, 9.17) is 0 Å². The Hall–Kier alpha value is -2.68. The maximum atomic E-state index is 13.6. The zero-order valence-corrected chi connectivity index (χ0v) is 16.8. The summed E-state index contributed by atoms with van der Waals surface area (Å²) in [6.45, 7) is 0.673. The molecule has 4 nitrogen and oxygen atoms in total. The van der Waals surface area contributed by atoms with E-state index in [-0.39, 0.29) is 25.0 Å². The predicted molar refractivity (Wildman–Crippen MR) is 106 cm³/mol. The summed E-state index contributed by atoms with van der Waals surface area (Å²) in [4.78, 5) is 14.5. The number of hydrogen-bond acceptors (Lipinski definition) is 2. The zero-order chi connectivity index (χ0) is 22.4. The molecule has 2 N–H and O–H groups in total. The van der Waals surface area contributed by atoms with Gasteiger partial charge in [0.15, 0.2) is 0 Å². The Morgan fingerprint density at radius 3 is 2.32 bits per heavy atom. The standard InChI is InChI=1S/C22H24F5N3O/c23-11-17-13-28-10-9-20(17)30(14-16-3-7-19(24)8-4-16)21(31)29-12-15-1-5-18(6-2-15)22(25,26)27/h1-8,17,20,28H,9-14H2,(H,29,31)/t17-,20+/m0/s1. The Morgan fingerprint density at radius 1 is 1.06 bits per heavy atom. The lowest BCUT2D eigenvalue weighted by molar-refractivity contribution is -0.137. The first-order valence-electron chi connectivity index (χ1n) is 9.99. The highest BCUT2D eigenvalue weighted by molar-refractivity contribution is 5.74. The van der Waals surface area contributed by atoms with Crippen molar-refractivity contribution in [3.8, 4) is 0 Å². The minimum atomic E-state index is -4.43. The van der Waals surface area contributed by atoms with Crippen molar-refractivity contribution in [2.75, 3.05) is 19.8 Å². The van der Waals surface area contributed by atoms with Crippen LogP contribution in [0.3, 0.4) is 0 Å². The fraction of sp³-hybridized carbons (Fsp3) is 0.409. The summed E-state index contributed by atoms with van der Waals surface area (Å²) >= 11 is 0. The van der Waals surface area contributed by atoms with Gasteiger partial charge in [-0.1, -0.05) is 24.3 Å². The molecule has 31 heavy (non-hydrogen) atoms. The molecule has 2 atom stereocenters. The van der Waals surface area contributed by atoms with Crippen molar-refractivity contribution >= 4 is 6.03 Å². The van der Waals surface area contributed by atoms with Gasteiger partial charge in [-0.2, -0.15) is 13.2 Å². The zero-order valence-electron chi connectivity index (χ0n) is 16.8. The summed E-state index contributed by atoms with van der Waals surface area (Å²) in [6, 6.07) is 9.45. The molecule has 2 aromatic rings. The van der Waals surface area contributed by atoms with Gasteiger partial charge in [0.05, 0.1) is 12.2 Å². The van der Waals surface area contributed by atoms with Crippen molar-refractivity contribution in [3.63, 3.8) is 0 Å². The molecule has 1 aliphatic heterocycles. The normalized spacial score (nSPS) is 19.1. The van der Waals surface area contributed by atoms with Gasteiger partial charge in [0.25, 0.3) is 0 Å². The maximum absolute atomic E-state index is 13.6. The fourth-order valence-corrected chi connectivity index (χ4v) is 3.69. The van der Waals surface area contributed by atoms with Crippen LogP contribution in [0.25, 0.3) is 0 Å². The van der Waals surface area contributed by atoms with Gasteiger partial charge >= 0.3 is 12.2 Å². The molecular formula is C22H24F5N3O. The van der Waals surface area contributed by atoms with E-state index < -0.39 is 30.3 Å². The second kappa shape index (κ2) is 10.1. The Labute approximate surface area is 177 Å². The summed E-state index contributed by atoms with van der Waals surface area (Å²) in [5.74, 6) is -0.781. The molecule has 2 amide bonds. The first-order chi connectivity index (χ1) is 14.8. The summed E-state index contributed by atoms with van der Waals surface area (Å²) in [7, 11) is 0. The van der Waals surface area contributed by atoms with Crippen LogP contribution in [0.2, 0.25) is 0 Å². The molecular weight excluding hydrogens is 417 g/mol. The van der Waals surface area contributed by atoms with E-state index in [1.807, 2.05) is 0 Å². The smallest absolute Gasteiger partial charge is 0.334 e. The summed E-state index contributed by atoms with van der Waals surface area (Å²) in [5.41, 5.74) is 0.443. The molecule has 2 aromatic carbocycles. The lowest BCUT2D eigenvalue weighted by Crippen LogP contribution is -2.54. The molecule has 0 saturated carbocycles. The third kappa shape index (κ3) is 6.16. The number of halogens is 5. The molecule has 1 fully saturated rings. The molecule has 1 saturated heterocycles. The van der Waals surface area contributed by atoms with Gasteiger partial charge in [-0.25, -0.2) is 9.18 Å². The van der Waals surface area contributed by atoms with Crippen molar-refractivity contribution in [2.45, 2.75) is 31.7 Å². The van der Waals surface area contributed by atoms with Gasteiger partial charge in [-0.05, 0) is 48.4 Å². The molecule has 0 unspecified atom stereocenters. The highest BCUT2D eigenvalue weighted by Gasteiger charge is 2.33. The highest BCUT2D eigenvalue weighted by Crippen LogP contribution is 2.29. The molecule has 3 rings (SSSR count). The predicted octanol–water partition coefficient (Wildman–Crippen LogP) is 4.50. The van der Waals surface area contributed by atoms with Gasteiger partial charge in [-0.15, -0.1) is 0 Å². The lowest BCUT2D eigenvalue weighted by Gasteiger charge is -2.39. The molecule has 0 bridgehead atoms. The van der Waals surface area contributed by atoms with Crippen molar-refractivity contribution < 1.29 is 26.7 Å². The van der Waals surface area contributed by atoms with Crippen LogP contribution in [0.5, 0.6) is 0 Å². The van der Waals surface area contributed by atoms with Gasteiger partial charge < -0.3 is 15.5 Å². The number of piperidine rings is 1. The van der Waals surface area contributed by atoms with E-state index in [2.05, 4.69) is 10.6 Å². The molecule has 1 aliphatic rings. The fourth-order valence-electron chi connectivity index (χ4n) is 3.69. The minimum Gasteiger partial charge on any atom is -0.334 e. The highest BCUT2D eigenvalue weighted by atomic mass is 19.4. The first-order valence-corrected chi connectivity index (χ1v) is 9.99. The number of alkyl halides is 4. The van der Waals surface area contributed by atoms with Crippen LogP contribution < -0.4 is 10.6 Å². The quantitative estimate of drug-likeness (QED) is 0.649. The number of nitrogens with one attached hydrogen (secondary N) is 2. The van der Waals surface area contributed by atoms with Crippen LogP contribution in [0.15, 0.2) is 48.5 Å². The van der Waals surface area contributed by atoms with Crippen molar-refractivity contribution in [1.29, 1.82) is 0 Å². The van der Waals surface area contributed by atoms with Crippen LogP contribution in [-0.2, 0) is 19.3 Å². The van der Waals surface area contributed by atoms with E-state index in [0.29, 0.717) is 30.6 Å². The Bertz CT molecular complexity index is 855. The second-order valence-corrected chi connectivity index (χ2v) is 7.58. The van der Waals surface area contributed by atoms with Gasteiger partial charge in [0.1, 0.15) is 5.82 Å². The molecule has 9 heteroatoms. The van der Waals surface area contributed by atoms with Crippen molar-refractivity contribution in [3.05, 3.63) is 71.0 Å². The second-order valence-electron chi connectivity index (χ2n) is 7.58. The van der Waals surface area contributed by atoms with Gasteiger partial charge in [0.2, 0.25) is 0 Å². The van der Waals surface area contributed by atoms with Crippen LogP contribution in [0, 0.1) is 11.7 Å². The topological polar surface area (TPSA) is 44.4 Å². The van der Waals surface area contributed by atoms with Crippen LogP contribution >= 0.6 is 0 Å². The third-order valence-corrected chi connectivity index (χ3v) is 5.42. The van der Waals surface area contributed by atoms with E-state index in [1.165, 1.54) is 29.2 Å². The van der Waals surface area contributed by atoms with Crippen LogP contribution in [-0.4, -0.2) is 36.7 Å². The number of nitrogens with zero attached hydrogens (tertiary/aromatic N) is 1. The van der Waals surface area contributed by atoms with E-state index in [0.717, 1.165) is 12.1 Å². The van der Waals surface area contributed by atoms with Crippen LogP contribution in [0.4, 0.5) is 26.7 Å². The first kappa shape index (κ1) is 23.0. The third-order valence-electron chi connectivity index (χ3n) is 5.42. The molecule has 0 spiro atoms. The average Bonchev–Trinajstić information content (AvgIpc) is 2.76. The number of rotatable bonds is 6. The summed E-state index contributed by atoms with van der Waals surface area (Å²) in [5, 5.41) is 5.84. The largest absolute Gasteiger partial charge is 0.416 e. The van der Waals surface area contributed by atoms with Gasteiger partial charge in [0, 0.05) is 31.6 Å².